The van der Waals surface area contributed by atoms with Crippen LogP contribution in [0.2, 0.25) is 0 Å². The van der Waals surface area contributed by atoms with Gasteiger partial charge in [-0.1, -0.05) is 12.1 Å². The molecule has 2 aromatic heterocycles. The Morgan fingerprint density at radius 3 is 2.71 bits per heavy atom. The number of aryl methyl sites for hydroxylation is 1. The first kappa shape index (κ1) is 22.8. The molecule has 1 aliphatic heterocycles. The lowest BCUT2D eigenvalue weighted by molar-refractivity contribution is -0.0121. The molecular weight excluding hydrogens is 438 g/mol. The van der Waals surface area contributed by atoms with Crippen molar-refractivity contribution in [3.8, 4) is 5.88 Å². The van der Waals surface area contributed by atoms with Crippen LogP contribution in [0.1, 0.15) is 30.4 Å². The number of nitrogens with one attached hydrogen (secondary N) is 1. The van der Waals surface area contributed by atoms with Gasteiger partial charge in [0.2, 0.25) is 11.4 Å². The number of hydrogen-bond donors (Lipinski definition) is 1. The normalized spacial score (nSPS) is 18.1. The van der Waals surface area contributed by atoms with Gasteiger partial charge < -0.3 is 14.6 Å². The van der Waals surface area contributed by atoms with Crippen molar-refractivity contribution in [3.63, 3.8) is 0 Å². The Bertz CT molecular complexity index is 1200. The molecule has 0 amide bonds. The number of hydrogen-bond acceptors (Lipinski definition) is 5. The van der Waals surface area contributed by atoms with Gasteiger partial charge in [-0.3, -0.25) is 9.69 Å². The van der Waals surface area contributed by atoms with Crippen molar-refractivity contribution < 1.29 is 13.5 Å². The van der Waals surface area contributed by atoms with Crippen LogP contribution in [0, 0.1) is 0 Å². The summed E-state index contributed by atoms with van der Waals surface area (Å²) in [5.41, 5.74) is 3.27. The van der Waals surface area contributed by atoms with Crippen molar-refractivity contribution in [1.29, 1.82) is 0 Å². The highest BCUT2D eigenvalue weighted by atomic mass is 19.3. The average molecular weight is 469 g/mol. The van der Waals surface area contributed by atoms with E-state index >= 15 is 0 Å². The maximum absolute atomic E-state index is 14.0. The standard InChI is InChI=1S/C26H30F2N4O2/c27-26(28)11-10-19-4-3-5-22(21(19)18-26)32-15-13-31(14-16-32)12-1-2-17-34-24-9-7-20-6-8-23(33)29-25(20)30-24/h3-9H,1-2,10-18H2,(H,29,30,33). The van der Waals surface area contributed by atoms with E-state index in [2.05, 4.69) is 19.8 Å². The van der Waals surface area contributed by atoms with E-state index in [1.54, 1.807) is 6.07 Å². The van der Waals surface area contributed by atoms with E-state index in [1.165, 1.54) is 6.07 Å². The summed E-state index contributed by atoms with van der Waals surface area (Å²) in [6, 6.07) is 12.9. The monoisotopic (exact) mass is 468 g/mol. The summed E-state index contributed by atoms with van der Waals surface area (Å²) < 4.78 is 33.8. The number of nitrogens with zero attached hydrogens (tertiary/aromatic N) is 3. The lowest BCUT2D eigenvalue weighted by Gasteiger charge is -2.38. The van der Waals surface area contributed by atoms with Crippen LogP contribution in [0.15, 0.2) is 47.3 Å². The molecule has 180 valence electrons. The van der Waals surface area contributed by atoms with Gasteiger partial charge in [-0.15, -0.1) is 0 Å². The predicted octanol–water partition coefficient (Wildman–Crippen LogP) is 4.03. The molecule has 2 aliphatic rings. The van der Waals surface area contributed by atoms with Crippen LogP contribution in [-0.2, 0) is 12.8 Å². The number of aromatic nitrogens is 2. The highest BCUT2D eigenvalue weighted by Crippen LogP contribution is 2.38. The van der Waals surface area contributed by atoms with Gasteiger partial charge in [0.1, 0.15) is 5.65 Å². The molecule has 6 nitrogen and oxygen atoms in total. The summed E-state index contributed by atoms with van der Waals surface area (Å²) in [5, 5.41) is 0.871. The van der Waals surface area contributed by atoms with Crippen molar-refractivity contribution in [2.24, 2.45) is 0 Å². The van der Waals surface area contributed by atoms with Crippen LogP contribution < -0.4 is 15.2 Å². The van der Waals surface area contributed by atoms with Gasteiger partial charge >= 0.3 is 0 Å². The molecule has 0 radical (unpaired) electrons. The second-order valence-corrected chi connectivity index (χ2v) is 9.24. The average Bonchev–Trinajstić information content (AvgIpc) is 2.83. The van der Waals surface area contributed by atoms with Crippen molar-refractivity contribution in [2.75, 3.05) is 44.2 Å². The third-order valence-electron chi connectivity index (χ3n) is 6.83. The Morgan fingerprint density at radius 1 is 1.03 bits per heavy atom. The molecule has 0 saturated carbocycles. The first-order chi connectivity index (χ1) is 16.5. The summed E-state index contributed by atoms with van der Waals surface area (Å²) in [4.78, 5) is 23.2. The summed E-state index contributed by atoms with van der Waals surface area (Å²) >= 11 is 0. The zero-order chi connectivity index (χ0) is 23.5. The molecular formula is C26H30F2N4O2. The third-order valence-corrected chi connectivity index (χ3v) is 6.83. The molecule has 5 rings (SSSR count). The number of unbranched alkanes of at least 4 members (excludes halogenated alkanes) is 1. The van der Waals surface area contributed by atoms with Gasteiger partial charge in [0, 0.05) is 62.2 Å². The van der Waals surface area contributed by atoms with Crippen molar-refractivity contribution in [2.45, 2.75) is 38.0 Å². The zero-order valence-corrected chi connectivity index (χ0v) is 19.2. The molecule has 3 aromatic rings. The summed E-state index contributed by atoms with van der Waals surface area (Å²) in [6.07, 6.45) is 2.20. The van der Waals surface area contributed by atoms with Crippen LogP contribution in [0.25, 0.3) is 11.0 Å². The molecule has 0 spiro atoms. The number of anilines is 1. The minimum Gasteiger partial charge on any atom is -0.478 e. The fraction of sp³-hybridized carbons (Fsp3) is 0.462. The highest BCUT2D eigenvalue weighted by Gasteiger charge is 2.36. The Hall–Kier alpha value is -3.00. The second-order valence-electron chi connectivity index (χ2n) is 9.24. The summed E-state index contributed by atoms with van der Waals surface area (Å²) in [5.74, 6) is -2.08. The van der Waals surface area contributed by atoms with E-state index in [-0.39, 0.29) is 18.4 Å². The SMILES string of the molecule is O=c1ccc2ccc(OCCCCN3CCN(c4cccc5c4CC(F)(F)CC5)CC3)nc2[nH]1. The second kappa shape index (κ2) is 9.70. The van der Waals surface area contributed by atoms with Gasteiger partial charge in [-0.05, 0) is 55.1 Å². The first-order valence-corrected chi connectivity index (χ1v) is 12.1. The quantitative estimate of drug-likeness (QED) is 0.531. The van der Waals surface area contributed by atoms with E-state index in [9.17, 15) is 13.6 Å². The van der Waals surface area contributed by atoms with Crippen LogP contribution in [-0.4, -0.2) is 60.1 Å². The van der Waals surface area contributed by atoms with Gasteiger partial charge in [0.25, 0.3) is 5.92 Å². The number of alkyl halides is 2. The number of aromatic amines is 1. The van der Waals surface area contributed by atoms with Crippen molar-refractivity contribution in [3.05, 3.63) is 63.9 Å². The molecule has 0 unspecified atom stereocenters. The summed E-state index contributed by atoms with van der Waals surface area (Å²) in [6.45, 7) is 5.14. The number of pyridine rings is 2. The Labute approximate surface area is 197 Å². The van der Waals surface area contributed by atoms with Crippen molar-refractivity contribution in [1.82, 2.24) is 14.9 Å². The zero-order valence-electron chi connectivity index (χ0n) is 19.2. The van der Waals surface area contributed by atoms with Crippen molar-refractivity contribution >= 4 is 16.7 Å². The lowest BCUT2D eigenvalue weighted by atomic mass is 9.87. The van der Waals surface area contributed by atoms with Crippen LogP contribution in [0.5, 0.6) is 5.88 Å². The Kier molecular flexibility index (Phi) is 6.50. The van der Waals surface area contributed by atoms with Gasteiger partial charge in [0.15, 0.2) is 0 Å². The Morgan fingerprint density at radius 2 is 1.85 bits per heavy atom. The van der Waals surface area contributed by atoms with E-state index in [0.717, 1.165) is 67.8 Å². The topological polar surface area (TPSA) is 61.5 Å². The number of rotatable bonds is 7. The number of benzene rings is 1. The molecule has 1 saturated heterocycles. The van der Waals surface area contributed by atoms with E-state index < -0.39 is 5.92 Å². The fourth-order valence-corrected chi connectivity index (χ4v) is 4.94. The molecule has 1 aromatic carbocycles. The van der Waals surface area contributed by atoms with Crippen LogP contribution in [0.4, 0.5) is 14.5 Å². The third kappa shape index (κ3) is 5.22. The van der Waals surface area contributed by atoms with E-state index in [0.29, 0.717) is 24.6 Å². The molecule has 1 fully saturated rings. The lowest BCUT2D eigenvalue weighted by Crippen LogP contribution is -2.47. The minimum atomic E-state index is -2.59. The number of halogens is 2. The summed E-state index contributed by atoms with van der Waals surface area (Å²) in [7, 11) is 0. The van der Waals surface area contributed by atoms with Crippen LogP contribution in [0.3, 0.4) is 0 Å². The Balaban J connectivity index is 1.06. The number of piperazine rings is 1. The largest absolute Gasteiger partial charge is 0.478 e. The van der Waals surface area contributed by atoms with E-state index in [4.69, 9.17) is 4.74 Å². The van der Waals surface area contributed by atoms with Gasteiger partial charge in [-0.25, -0.2) is 8.78 Å². The molecule has 3 heterocycles. The van der Waals surface area contributed by atoms with Crippen LogP contribution >= 0.6 is 0 Å². The maximum atomic E-state index is 14.0. The smallest absolute Gasteiger partial charge is 0.252 e. The van der Waals surface area contributed by atoms with Gasteiger partial charge in [-0.2, -0.15) is 4.98 Å². The number of H-pyrrole nitrogens is 1. The molecule has 1 aliphatic carbocycles. The highest BCUT2D eigenvalue weighted by molar-refractivity contribution is 5.74. The predicted molar refractivity (Wildman–Crippen MR) is 129 cm³/mol. The molecule has 0 atom stereocenters. The molecule has 0 bridgehead atoms. The minimum absolute atomic E-state index is 0.0443. The molecule has 1 N–H and O–H groups in total. The first-order valence-electron chi connectivity index (χ1n) is 12.1. The number of ether oxygens (including phenoxy) is 1. The van der Waals surface area contributed by atoms with Gasteiger partial charge in [0.05, 0.1) is 6.61 Å². The molecule has 8 heteroatoms. The molecule has 34 heavy (non-hydrogen) atoms. The fourth-order valence-electron chi connectivity index (χ4n) is 4.94. The van der Waals surface area contributed by atoms with E-state index in [1.807, 2.05) is 30.3 Å². The maximum Gasteiger partial charge on any atom is 0.252 e. The number of fused-ring (bicyclic) bond motifs is 2.